The Morgan fingerprint density at radius 2 is 2.00 bits per heavy atom. The zero-order valence-corrected chi connectivity index (χ0v) is 7.13. The maximum Gasteiger partial charge on any atom is 0.154 e. The smallest absolute Gasteiger partial charge is 0.154 e. The van der Waals surface area contributed by atoms with Gasteiger partial charge in [0.15, 0.2) is 5.83 Å². The molecule has 0 amide bonds. The van der Waals surface area contributed by atoms with Crippen LogP contribution in [0.25, 0.3) is 0 Å². The first-order valence-corrected chi connectivity index (χ1v) is 4.36. The van der Waals surface area contributed by atoms with Crippen molar-refractivity contribution >= 4 is 0 Å². The van der Waals surface area contributed by atoms with E-state index in [0.29, 0.717) is 5.92 Å². The highest BCUT2D eigenvalue weighted by Crippen LogP contribution is 2.37. The molecule has 1 saturated carbocycles. The maximum absolute atomic E-state index is 12.8. The van der Waals surface area contributed by atoms with E-state index < -0.39 is 11.7 Å². The molecule has 1 fully saturated rings. The molecular weight excluding hydrogens is 172 g/mol. The predicted octanol–water partition coefficient (Wildman–Crippen LogP) is 2.37. The van der Waals surface area contributed by atoms with Gasteiger partial charge in [0.05, 0.1) is 0 Å². The van der Waals surface area contributed by atoms with Crippen molar-refractivity contribution < 1.29 is 8.78 Å². The highest BCUT2D eigenvalue weighted by molar-refractivity contribution is 5.36. The molecule has 0 aromatic rings. The van der Waals surface area contributed by atoms with Crippen LogP contribution in [0.15, 0.2) is 35.5 Å². The van der Waals surface area contributed by atoms with Gasteiger partial charge in [-0.2, -0.15) is 0 Å². The summed E-state index contributed by atoms with van der Waals surface area (Å²) in [7, 11) is 0. The second kappa shape index (κ2) is 3.07. The van der Waals surface area contributed by atoms with Gasteiger partial charge in [0.1, 0.15) is 5.83 Å². The Morgan fingerprint density at radius 3 is 2.62 bits per heavy atom. The zero-order chi connectivity index (χ0) is 9.42. The average Bonchev–Trinajstić information content (AvgIpc) is 2.82. The van der Waals surface area contributed by atoms with Crippen molar-refractivity contribution in [1.29, 1.82) is 0 Å². The van der Waals surface area contributed by atoms with Crippen LogP contribution < -0.4 is 5.73 Å². The van der Waals surface area contributed by atoms with Crippen molar-refractivity contribution in [1.82, 2.24) is 0 Å². The first kappa shape index (κ1) is 8.63. The average molecular weight is 183 g/mol. The summed E-state index contributed by atoms with van der Waals surface area (Å²) in [5.41, 5.74) is 6.61. The van der Waals surface area contributed by atoms with Gasteiger partial charge < -0.3 is 5.73 Å². The van der Waals surface area contributed by atoms with Crippen molar-refractivity contribution in [2.45, 2.75) is 18.9 Å². The summed E-state index contributed by atoms with van der Waals surface area (Å²) >= 11 is 0. The largest absolute Gasteiger partial charge is 0.327 e. The molecule has 1 nitrogen and oxygen atoms in total. The monoisotopic (exact) mass is 183 g/mol. The van der Waals surface area contributed by atoms with Gasteiger partial charge in [-0.3, -0.25) is 0 Å². The fraction of sp³-hybridized carbons (Fsp3) is 0.400. The molecule has 0 bridgehead atoms. The molecule has 2 aliphatic carbocycles. The molecule has 0 aromatic carbocycles. The van der Waals surface area contributed by atoms with Gasteiger partial charge in [0.25, 0.3) is 0 Å². The topological polar surface area (TPSA) is 26.0 Å². The molecule has 0 aliphatic heterocycles. The van der Waals surface area contributed by atoms with Crippen LogP contribution in [-0.2, 0) is 0 Å². The van der Waals surface area contributed by atoms with E-state index in [1.165, 1.54) is 6.08 Å². The minimum Gasteiger partial charge on any atom is -0.327 e. The van der Waals surface area contributed by atoms with Gasteiger partial charge in [0.2, 0.25) is 0 Å². The summed E-state index contributed by atoms with van der Waals surface area (Å²) in [6.07, 6.45) is 5.51. The molecule has 3 heteroatoms. The Kier molecular flexibility index (Phi) is 2.04. The van der Waals surface area contributed by atoms with Crippen molar-refractivity contribution in [3.63, 3.8) is 0 Å². The standard InChI is InChI=1S/C10H11F2N/c11-8-3-1-6(2-4-9(8)12)7-5-10(7)13/h1-3,7,10H,4-5,13H2/t7-,10+/m0/s1. The van der Waals surface area contributed by atoms with E-state index in [4.69, 9.17) is 5.73 Å². The zero-order valence-electron chi connectivity index (χ0n) is 7.13. The van der Waals surface area contributed by atoms with Crippen molar-refractivity contribution in [2.24, 2.45) is 11.7 Å². The van der Waals surface area contributed by atoms with Crippen LogP contribution in [0.5, 0.6) is 0 Å². The Bertz CT molecular complexity index is 315. The van der Waals surface area contributed by atoms with Crippen LogP contribution in [0.3, 0.4) is 0 Å². The van der Waals surface area contributed by atoms with E-state index in [1.807, 2.05) is 0 Å². The van der Waals surface area contributed by atoms with Gasteiger partial charge in [-0.1, -0.05) is 12.2 Å². The third-order valence-corrected chi connectivity index (χ3v) is 2.47. The van der Waals surface area contributed by atoms with E-state index in [-0.39, 0.29) is 12.5 Å². The summed E-state index contributed by atoms with van der Waals surface area (Å²) in [5.74, 6) is -1.14. The SMILES string of the molecule is N[C@@H]1C[C@H]1C1=CCC(F)=C(F)C=C1. The van der Waals surface area contributed by atoms with E-state index >= 15 is 0 Å². The van der Waals surface area contributed by atoms with Crippen LogP contribution >= 0.6 is 0 Å². The van der Waals surface area contributed by atoms with E-state index in [1.54, 1.807) is 12.2 Å². The normalized spacial score (nSPS) is 33.0. The summed E-state index contributed by atoms with van der Waals surface area (Å²) in [6.45, 7) is 0. The molecule has 2 rings (SSSR count). The van der Waals surface area contributed by atoms with Crippen LogP contribution in [0, 0.1) is 5.92 Å². The van der Waals surface area contributed by atoms with Gasteiger partial charge in [-0.15, -0.1) is 0 Å². The van der Waals surface area contributed by atoms with Gasteiger partial charge in [-0.25, -0.2) is 8.78 Å². The summed E-state index contributed by atoms with van der Waals surface area (Å²) in [4.78, 5) is 0. The molecule has 0 spiro atoms. The Balaban J connectivity index is 2.14. The molecule has 0 unspecified atom stereocenters. The van der Waals surface area contributed by atoms with Gasteiger partial charge >= 0.3 is 0 Å². The third-order valence-electron chi connectivity index (χ3n) is 2.47. The van der Waals surface area contributed by atoms with Crippen LogP contribution in [0.4, 0.5) is 8.78 Å². The molecule has 0 radical (unpaired) electrons. The first-order valence-electron chi connectivity index (χ1n) is 4.36. The van der Waals surface area contributed by atoms with E-state index in [2.05, 4.69) is 0 Å². The van der Waals surface area contributed by atoms with Crippen molar-refractivity contribution in [3.05, 3.63) is 35.5 Å². The number of rotatable bonds is 1. The molecular formula is C10H11F2N. The Morgan fingerprint density at radius 1 is 1.31 bits per heavy atom. The number of hydrogen-bond donors (Lipinski definition) is 1. The minimum atomic E-state index is -0.763. The lowest BCUT2D eigenvalue weighted by Crippen LogP contribution is -2.02. The van der Waals surface area contributed by atoms with Crippen molar-refractivity contribution in [3.8, 4) is 0 Å². The Hall–Kier alpha value is -0.960. The number of halogens is 2. The van der Waals surface area contributed by atoms with E-state index in [0.717, 1.165) is 12.0 Å². The fourth-order valence-corrected chi connectivity index (χ4v) is 1.51. The molecule has 13 heavy (non-hydrogen) atoms. The first-order chi connectivity index (χ1) is 6.18. The Labute approximate surface area is 75.6 Å². The highest BCUT2D eigenvalue weighted by atomic mass is 19.2. The minimum absolute atomic E-state index is 0.0530. The lowest BCUT2D eigenvalue weighted by atomic mass is 10.1. The number of hydrogen-bond acceptors (Lipinski definition) is 1. The number of nitrogens with two attached hydrogens (primary N) is 1. The molecule has 2 atom stereocenters. The van der Waals surface area contributed by atoms with Crippen LogP contribution in [-0.4, -0.2) is 6.04 Å². The highest BCUT2D eigenvalue weighted by Gasteiger charge is 2.35. The molecule has 0 heterocycles. The second-order valence-corrected chi connectivity index (χ2v) is 3.50. The molecule has 0 saturated heterocycles. The predicted molar refractivity (Wildman–Crippen MR) is 47.2 cm³/mol. The fourth-order valence-electron chi connectivity index (χ4n) is 1.51. The summed E-state index contributed by atoms with van der Waals surface area (Å²) in [6, 6.07) is 0.181. The van der Waals surface area contributed by atoms with E-state index in [9.17, 15) is 8.78 Å². The molecule has 2 aliphatic rings. The molecule has 70 valence electrons. The molecule has 2 N–H and O–H groups in total. The lowest BCUT2D eigenvalue weighted by molar-refractivity contribution is 0.542. The second-order valence-electron chi connectivity index (χ2n) is 3.50. The quantitative estimate of drug-likeness (QED) is 0.663. The number of allylic oxidation sites excluding steroid dienone is 5. The van der Waals surface area contributed by atoms with Crippen LogP contribution in [0.1, 0.15) is 12.8 Å². The summed E-state index contributed by atoms with van der Waals surface area (Å²) < 4.78 is 25.5. The summed E-state index contributed by atoms with van der Waals surface area (Å²) in [5, 5.41) is 0. The van der Waals surface area contributed by atoms with Gasteiger partial charge in [-0.05, 0) is 18.1 Å². The van der Waals surface area contributed by atoms with Crippen LogP contribution in [0.2, 0.25) is 0 Å². The van der Waals surface area contributed by atoms with Crippen molar-refractivity contribution in [2.75, 3.05) is 0 Å². The lowest BCUT2D eigenvalue weighted by Gasteiger charge is -1.96. The van der Waals surface area contributed by atoms with Gasteiger partial charge in [0, 0.05) is 18.4 Å². The molecule has 0 aromatic heterocycles. The third kappa shape index (κ3) is 1.70. The maximum atomic E-state index is 12.8.